The van der Waals surface area contributed by atoms with Gasteiger partial charge in [0.15, 0.2) is 0 Å². The van der Waals surface area contributed by atoms with Crippen LogP contribution in [0.2, 0.25) is 0 Å². The summed E-state index contributed by atoms with van der Waals surface area (Å²) in [6, 6.07) is 17.2. The second kappa shape index (κ2) is 6.42. The first-order valence-corrected chi connectivity index (χ1v) is 7.66. The zero-order valence-electron chi connectivity index (χ0n) is 12.7. The Labute approximate surface area is 126 Å². The first kappa shape index (κ1) is 14.3. The molecule has 2 nitrogen and oxygen atoms in total. The summed E-state index contributed by atoms with van der Waals surface area (Å²) in [4.78, 5) is 0. The maximum Gasteiger partial charge on any atom is 0.106 e. The molecule has 1 saturated heterocycles. The van der Waals surface area contributed by atoms with Crippen molar-refractivity contribution < 1.29 is 9.47 Å². The summed E-state index contributed by atoms with van der Waals surface area (Å²) in [5.74, 6) is 0. The average molecular weight is 282 g/mol. The van der Waals surface area contributed by atoms with Gasteiger partial charge in [-0.3, -0.25) is 0 Å². The van der Waals surface area contributed by atoms with Crippen LogP contribution in [0.4, 0.5) is 0 Å². The summed E-state index contributed by atoms with van der Waals surface area (Å²) in [5, 5.41) is 0. The van der Waals surface area contributed by atoms with Gasteiger partial charge in [0.25, 0.3) is 0 Å². The largest absolute Gasteiger partial charge is 0.373 e. The van der Waals surface area contributed by atoms with Crippen LogP contribution in [0.1, 0.15) is 30.6 Å². The van der Waals surface area contributed by atoms with Crippen LogP contribution in [0.15, 0.2) is 48.5 Å². The molecular formula is C19H22O2. The summed E-state index contributed by atoms with van der Waals surface area (Å²) in [5.41, 5.74) is 4.97. The molecule has 0 aliphatic carbocycles. The van der Waals surface area contributed by atoms with Crippen molar-refractivity contribution in [3.05, 3.63) is 59.7 Å². The van der Waals surface area contributed by atoms with Crippen molar-refractivity contribution in [2.45, 2.75) is 32.5 Å². The van der Waals surface area contributed by atoms with Crippen LogP contribution in [-0.4, -0.2) is 19.3 Å². The van der Waals surface area contributed by atoms with Gasteiger partial charge in [-0.05, 0) is 30.0 Å². The number of aryl methyl sites for hydroxylation is 1. The third-order valence-electron chi connectivity index (χ3n) is 4.09. The molecule has 2 heteroatoms. The Kier molecular flexibility index (Phi) is 4.37. The van der Waals surface area contributed by atoms with Gasteiger partial charge in [0.2, 0.25) is 0 Å². The Morgan fingerprint density at radius 1 is 0.857 bits per heavy atom. The lowest BCUT2D eigenvalue weighted by atomic mass is 10.0. The monoisotopic (exact) mass is 282 g/mol. The number of benzene rings is 2. The van der Waals surface area contributed by atoms with E-state index in [0.717, 1.165) is 6.42 Å². The molecule has 3 rings (SSSR count). The molecule has 0 saturated carbocycles. The Morgan fingerprint density at radius 3 is 2.00 bits per heavy atom. The van der Waals surface area contributed by atoms with Gasteiger partial charge in [-0.15, -0.1) is 0 Å². The van der Waals surface area contributed by atoms with Crippen molar-refractivity contribution in [3.63, 3.8) is 0 Å². The minimum absolute atomic E-state index is 0.0693. The van der Waals surface area contributed by atoms with Gasteiger partial charge in [0.1, 0.15) is 6.10 Å². The lowest BCUT2D eigenvalue weighted by molar-refractivity contribution is -0.135. The molecule has 0 aromatic heterocycles. The van der Waals surface area contributed by atoms with Gasteiger partial charge < -0.3 is 9.47 Å². The Bertz CT molecular complexity index is 564. The van der Waals surface area contributed by atoms with E-state index in [9.17, 15) is 0 Å². The van der Waals surface area contributed by atoms with E-state index >= 15 is 0 Å². The number of hydrogen-bond donors (Lipinski definition) is 0. The topological polar surface area (TPSA) is 18.5 Å². The molecule has 0 radical (unpaired) electrons. The quantitative estimate of drug-likeness (QED) is 0.823. The van der Waals surface area contributed by atoms with Crippen LogP contribution in [0.3, 0.4) is 0 Å². The SMILES string of the molecule is CC[C@@H]1CO[C@@H](c2ccc(-c3ccc(C)cc3)cc2)CO1. The summed E-state index contributed by atoms with van der Waals surface area (Å²) in [7, 11) is 0. The van der Waals surface area contributed by atoms with Crippen LogP contribution < -0.4 is 0 Å². The van der Waals surface area contributed by atoms with E-state index < -0.39 is 0 Å². The van der Waals surface area contributed by atoms with Crippen molar-refractivity contribution in [1.82, 2.24) is 0 Å². The lowest BCUT2D eigenvalue weighted by Gasteiger charge is -2.29. The third-order valence-corrected chi connectivity index (χ3v) is 4.09. The standard InChI is InChI=1S/C19H22O2/c1-3-18-12-21-19(13-20-18)17-10-8-16(9-11-17)15-6-4-14(2)5-7-15/h4-11,18-19H,3,12-13H2,1-2H3/t18-,19-/m1/s1. The van der Waals surface area contributed by atoms with Crippen molar-refractivity contribution >= 4 is 0 Å². The molecule has 2 aromatic carbocycles. The number of ether oxygens (including phenoxy) is 2. The van der Waals surface area contributed by atoms with Gasteiger partial charge in [0, 0.05) is 0 Å². The normalized spacial score (nSPS) is 22.2. The maximum absolute atomic E-state index is 5.90. The van der Waals surface area contributed by atoms with Gasteiger partial charge >= 0.3 is 0 Å². The van der Waals surface area contributed by atoms with E-state index in [-0.39, 0.29) is 12.2 Å². The first-order valence-electron chi connectivity index (χ1n) is 7.66. The van der Waals surface area contributed by atoms with E-state index in [1.807, 2.05) is 0 Å². The fourth-order valence-corrected chi connectivity index (χ4v) is 2.61. The second-order valence-electron chi connectivity index (χ2n) is 5.67. The predicted octanol–water partition coefficient (Wildman–Crippen LogP) is 4.53. The zero-order valence-corrected chi connectivity index (χ0v) is 12.7. The molecule has 0 spiro atoms. The van der Waals surface area contributed by atoms with Gasteiger partial charge in [-0.2, -0.15) is 0 Å². The van der Waals surface area contributed by atoms with Gasteiger partial charge in [-0.1, -0.05) is 61.0 Å². The molecular weight excluding hydrogens is 260 g/mol. The highest BCUT2D eigenvalue weighted by molar-refractivity contribution is 5.64. The van der Waals surface area contributed by atoms with E-state index in [0.29, 0.717) is 13.2 Å². The van der Waals surface area contributed by atoms with Crippen molar-refractivity contribution in [1.29, 1.82) is 0 Å². The van der Waals surface area contributed by atoms with Crippen LogP contribution in [-0.2, 0) is 9.47 Å². The zero-order chi connectivity index (χ0) is 14.7. The summed E-state index contributed by atoms with van der Waals surface area (Å²) < 4.78 is 11.7. The van der Waals surface area contributed by atoms with Gasteiger partial charge in [-0.25, -0.2) is 0 Å². The van der Waals surface area contributed by atoms with E-state index in [2.05, 4.69) is 62.4 Å². The molecule has 1 aliphatic heterocycles. The fraction of sp³-hybridized carbons (Fsp3) is 0.368. The van der Waals surface area contributed by atoms with E-state index in [4.69, 9.17) is 9.47 Å². The molecule has 2 atom stereocenters. The number of rotatable bonds is 3. The fourth-order valence-electron chi connectivity index (χ4n) is 2.61. The van der Waals surface area contributed by atoms with Crippen LogP contribution >= 0.6 is 0 Å². The molecule has 2 aromatic rings. The minimum atomic E-state index is 0.0693. The highest BCUT2D eigenvalue weighted by atomic mass is 16.6. The smallest absolute Gasteiger partial charge is 0.106 e. The van der Waals surface area contributed by atoms with E-state index in [1.54, 1.807) is 0 Å². The van der Waals surface area contributed by atoms with Crippen molar-refractivity contribution in [2.75, 3.05) is 13.2 Å². The Morgan fingerprint density at radius 2 is 1.48 bits per heavy atom. The minimum Gasteiger partial charge on any atom is -0.373 e. The molecule has 0 unspecified atom stereocenters. The summed E-state index contributed by atoms with van der Waals surface area (Å²) in [6.07, 6.45) is 1.34. The molecule has 1 fully saturated rings. The van der Waals surface area contributed by atoms with Gasteiger partial charge in [0.05, 0.1) is 19.3 Å². The predicted molar refractivity (Wildman–Crippen MR) is 85.3 cm³/mol. The molecule has 0 bridgehead atoms. The summed E-state index contributed by atoms with van der Waals surface area (Å²) in [6.45, 7) is 5.59. The van der Waals surface area contributed by atoms with Crippen LogP contribution in [0.5, 0.6) is 0 Å². The Balaban J connectivity index is 1.71. The highest BCUT2D eigenvalue weighted by Gasteiger charge is 2.22. The molecule has 0 N–H and O–H groups in total. The molecule has 21 heavy (non-hydrogen) atoms. The second-order valence-corrected chi connectivity index (χ2v) is 5.67. The first-order chi connectivity index (χ1) is 10.3. The third kappa shape index (κ3) is 3.34. The molecule has 1 heterocycles. The van der Waals surface area contributed by atoms with Crippen molar-refractivity contribution in [3.8, 4) is 11.1 Å². The van der Waals surface area contributed by atoms with Crippen molar-refractivity contribution in [2.24, 2.45) is 0 Å². The summed E-state index contributed by atoms with van der Waals surface area (Å²) >= 11 is 0. The molecule has 1 aliphatic rings. The van der Waals surface area contributed by atoms with Crippen LogP contribution in [0, 0.1) is 6.92 Å². The number of hydrogen-bond acceptors (Lipinski definition) is 2. The average Bonchev–Trinajstić information content (AvgIpc) is 2.56. The van der Waals surface area contributed by atoms with E-state index in [1.165, 1.54) is 22.3 Å². The Hall–Kier alpha value is -1.64. The molecule has 0 amide bonds. The molecule has 110 valence electrons. The highest BCUT2D eigenvalue weighted by Crippen LogP contribution is 2.27. The lowest BCUT2D eigenvalue weighted by Crippen LogP contribution is -2.30. The van der Waals surface area contributed by atoms with Crippen LogP contribution in [0.25, 0.3) is 11.1 Å². The maximum atomic E-state index is 5.90.